The maximum Gasteiger partial charge on any atom is 0.213 e. The summed E-state index contributed by atoms with van der Waals surface area (Å²) in [5.74, 6) is 0. The molecule has 4 rings (SSSR count). The summed E-state index contributed by atoms with van der Waals surface area (Å²) in [6, 6.07) is 19.5. The van der Waals surface area contributed by atoms with Crippen molar-refractivity contribution in [3.05, 3.63) is 95.8 Å². The van der Waals surface area contributed by atoms with Crippen LogP contribution in [0.3, 0.4) is 0 Å². The van der Waals surface area contributed by atoms with Gasteiger partial charge in [0.15, 0.2) is 6.20 Å². The van der Waals surface area contributed by atoms with Crippen molar-refractivity contribution in [3.8, 4) is 0 Å². The Morgan fingerprint density at radius 3 is 2.70 bits per heavy atom. The topological polar surface area (TPSA) is 7.12 Å². The van der Waals surface area contributed by atoms with Gasteiger partial charge in [-0.1, -0.05) is 42.5 Å². The molecule has 2 heteroatoms. The van der Waals surface area contributed by atoms with Crippen molar-refractivity contribution >= 4 is 28.7 Å². The SMILES string of the molecule is CCN1/C(=C/C=C/c2ccc3ccc[n+](CC)c3c2)C=Cc2ccccc21. The van der Waals surface area contributed by atoms with Gasteiger partial charge in [-0.25, -0.2) is 0 Å². The van der Waals surface area contributed by atoms with Crippen LogP contribution >= 0.6 is 0 Å². The molecule has 0 N–H and O–H groups in total. The van der Waals surface area contributed by atoms with E-state index in [9.17, 15) is 0 Å². The van der Waals surface area contributed by atoms with Crippen LogP contribution in [0, 0.1) is 0 Å². The van der Waals surface area contributed by atoms with Crippen LogP contribution in [0.2, 0.25) is 0 Å². The van der Waals surface area contributed by atoms with Crippen molar-refractivity contribution < 1.29 is 4.57 Å². The molecule has 1 aliphatic heterocycles. The Hall–Kier alpha value is -3.13. The number of aryl methyl sites for hydroxylation is 1. The van der Waals surface area contributed by atoms with Crippen molar-refractivity contribution in [2.24, 2.45) is 0 Å². The molecule has 1 aromatic heterocycles. The highest BCUT2D eigenvalue weighted by Gasteiger charge is 2.14. The van der Waals surface area contributed by atoms with Crippen LogP contribution < -0.4 is 9.47 Å². The summed E-state index contributed by atoms with van der Waals surface area (Å²) in [6.45, 7) is 6.30. The zero-order chi connectivity index (χ0) is 18.6. The maximum atomic E-state index is 2.35. The number of nitrogens with zero attached hydrogens (tertiary/aromatic N) is 2. The second-order valence-corrected chi connectivity index (χ2v) is 6.70. The van der Waals surface area contributed by atoms with Crippen molar-refractivity contribution in [2.45, 2.75) is 20.4 Å². The fourth-order valence-electron chi connectivity index (χ4n) is 3.70. The van der Waals surface area contributed by atoms with E-state index in [0.717, 1.165) is 13.1 Å². The number of benzene rings is 2. The minimum Gasteiger partial charge on any atom is -0.341 e. The summed E-state index contributed by atoms with van der Waals surface area (Å²) in [5, 5.41) is 1.28. The molecule has 0 spiro atoms. The molecule has 1 aliphatic rings. The molecule has 3 aromatic rings. The minimum absolute atomic E-state index is 0.952. The first-order valence-corrected chi connectivity index (χ1v) is 9.65. The van der Waals surface area contributed by atoms with E-state index in [-0.39, 0.29) is 0 Å². The van der Waals surface area contributed by atoms with Gasteiger partial charge in [-0.3, -0.25) is 0 Å². The predicted octanol–water partition coefficient (Wildman–Crippen LogP) is 5.60. The second kappa shape index (κ2) is 7.63. The monoisotopic (exact) mass is 353 g/mol. The van der Waals surface area contributed by atoms with Crippen LogP contribution in [0.25, 0.3) is 23.1 Å². The van der Waals surface area contributed by atoms with E-state index < -0.39 is 0 Å². The first-order chi connectivity index (χ1) is 13.3. The number of fused-ring (bicyclic) bond motifs is 2. The number of para-hydroxylation sites is 1. The van der Waals surface area contributed by atoms with Crippen molar-refractivity contribution in [1.29, 1.82) is 0 Å². The number of hydrogen-bond acceptors (Lipinski definition) is 1. The van der Waals surface area contributed by atoms with E-state index in [1.54, 1.807) is 0 Å². The highest BCUT2D eigenvalue weighted by atomic mass is 15.1. The van der Waals surface area contributed by atoms with Gasteiger partial charge in [0.2, 0.25) is 5.52 Å². The molecule has 2 heterocycles. The Bertz CT molecular complexity index is 1060. The van der Waals surface area contributed by atoms with Gasteiger partial charge in [0.1, 0.15) is 6.54 Å². The molecule has 2 nitrogen and oxygen atoms in total. The quantitative estimate of drug-likeness (QED) is 0.554. The van der Waals surface area contributed by atoms with E-state index in [0.29, 0.717) is 0 Å². The first kappa shape index (κ1) is 17.3. The molecule has 0 bridgehead atoms. The lowest BCUT2D eigenvalue weighted by Gasteiger charge is -2.29. The smallest absolute Gasteiger partial charge is 0.213 e. The zero-order valence-electron chi connectivity index (χ0n) is 16.0. The number of rotatable bonds is 4. The number of aromatic nitrogens is 1. The minimum atomic E-state index is 0.952. The first-order valence-electron chi connectivity index (χ1n) is 9.65. The molecule has 0 saturated heterocycles. The Morgan fingerprint density at radius 2 is 1.85 bits per heavy atom. The molecule has 0 fully saturated rings. The molecule has 0 saturated carbocycles. The molecule has 0 aliphatic carbocycles. The summed E-state index contributed by atoms with van der Waals surface area (Å²) in [7, 11) is 0. The Balaban J connectivity index is 1.63. The molecule has 27 heavy (non-hydrogen) atoms. The van der Waals surface area contributed by atoms with Crippen LogP contribution in [0.4, 0.5) is 5.69 Å². The summed E-state index contributed by atoms with van der Waals surface area (Å²) >= 11 is 0. The van der Waals surface area contributed by atoms with E-state index >= 15 is 0 Å². The van der Waals surface area contributed by atoms with Crippen molar-refractivity contribution in [2.75, 3.05) is 11.4 Å². The molecule has 0 radical (unpaired) electrons. The van der Waals surface area contributed by atoms with Gasteiger partial charge in [0.25, 0.3) is 0 Å². The molecule has 134 valence electrons. The summed E-state index contributed by atoms with van der Waals surface area (Å²) in [4.78, 5) is 2.35. The maximum absolute atomic E-state index is 2.35. The third kappa shape index (κ3) is 3.43. The number of allylic oxidation sites excluding steroid dienone is 3. The molecule has 0 atom stereocenters. The normalized spacial score (nSPS) is 15.0. The molecule has 0 amide bonds. The standard InChI is InChI=1S/C25H25N2/c1-3-26-18-8-11-22-15-14-20(19-25(22)26)9-7-12-23-17-16-21-10-5-6-13-24(21)27(23)4-2/h5-19H,3-4H2,1-2H3/q+1. The third-order valence-corrected chi connectivity index (χ3v) is 5.09. The lowest BCUT2D eigenvalue weighted by atomic mass is 10.1. The van der Waals surface area contributed by atoms with E-state index in [1.807, 2.05) is 0 Å². The van der Waals surface area contributed by atoms with Crippen molar-refractivity contribution in [1.82, 2.24) is 0 Å². The van der Waals surface area contributed by atoms with E-state index in [4.69, 9.17) is 0 Å². The fourth-order valence-corrected chi connectivity index (χ4v) is 3.70. The van der Waals surface area contributed by atoms with E-state index in [2.05, 4.69) is 114 Å². The molecular weight excluding hydrogens is 328 g/mol. The molecule has 2 aromatic carbocycles. The van der Waals surface area contributed by atoms with Gasteiger partial charge < -0.3 is 4.90 Å². The summed E-state index contributed by atoms with van der Waals surface area (Å²) < 4.78 is 2.28. The van der Waals surface area contributed by atoms with Gasteiger partial charge >= 0.3 is 0 Å². The van der Waals surface area contributed by atoms with Gasteiger partial charge in [-0.2, -0.15) is 4.57 Å². The predicted molar refractivity (Wildman–Crippen MR) is 115 cm³/mol. The number of hydrogen-bond donors (Lipinski definition) is 0. The molecular formula is C25H25N2+. The summed E-state index contributed by atoms with van der Waals surface area (Å²) in [5.41, 5.74) is 6.26. The van der Waals surface area contributed by atoms with Gasteiger partial charge in [0.05, 0.1) is 0 Å². The molecule has 0 unspecified atom stereocenters. The Kier molecular flexibility index (Phi) is 4.88. The highest BCUT2D eigenvalue weighted by Crippen LogP contribution is 2.30. The second-order valence-electron chi connectivity index (χ2n) is 6.70. The Labute approximate surface area is 161 Å². The van der Waals surface area contributed by atoms with Gasteiger partial charge in [0, 0.05) is 35.4 Å². The van der Waals surface area contributed by atoms with Gasteiger partial charge in [-0.05, 0) is 55.3 Å². The Morgan fingerprint density at radius 1 is 0.963 bits per heavy atom. The van der Waals surface area contributed by atoms with Gasteiger partial charge in [-0.15, -0.1) is 0 Å². The van der Waals surface area contributed by atoms with Crippen LogP contribution in [0.15, 0.2) is 84.7 Å². The van der Waals surface area contributed by atoms with Crippen LogP contribution in [-0.4, -0.2) is 6.54 Å². The van der Waals surface area contributed by atoms with Crippen LogP contribution in [0.1, 0.15) is 25.0 Å². The lowest BCUT2D eigenvalue weighted by molar-refractivity contribution is -0.667. The van der Waals surface area contributed by atoms with Crippen molar-refractivity contribution in [3.63, 3.8) is 0 Å². The number of pyridine rings is 1. The van der Waals surface area contributed by atoms with Crippen LogP contribution in [0.5, 0.6) is 0 Å². The number of likely N-dealkylation sites (N-methyl/N-ethyl adjacent to an activating group) is 1. The lowest BCUT2D eigenvalue weighted by Crippen LogP contribution is -2.32. The third-order valence-electron chi connectivity index (χ3n) is 5.09. The number of anilines is 1. The zero-order valence-corrected chi connectivity index (χ0v) is 16.0. The fraction of sp³-hybridized carbons (Fsp3) is 0.160. The average Bonchev–Trinajstić information content (AvgIpc) is 2.73. The van der Waals surface area contributed by atoms with Crippen LogP contribution in [-0.2, 0) is 6.54 Å². The average molecular weight is 353 g/mol. The largest absolute Gasteiger partial charge is 0.341 e. The van der Waals surface area contributed by atoms with E-state index in [1.165, 1.54) is 33.4 Å². The highest BCUT2D eigenvalue weighted by molar-refractivity contribution is 5.79. The summed E-state index contributed by atoms with van der Waals surface area (Å²) in [6.07, 6.45) is 13.1.